The molecule has 0 aliphatic carbocycles. The van der Waals surface area contributed by atoms with Gasteiger partial charge in [-0.1, -0.05) is 0 Å². The van der Waals surface area contributed by atoms with E-state index in [1.54, 1.807) is 0 Å². The highest BCUT2D eigenvalue weighted by Crippen LogP contribution is 2.29. The van der Waals surface area contributed by atoms with Gasteiger partial charge in [0.25, 0.3) is 5.69 Å². The Kier molecular flexibility index (Phi) is 4.90. The van der Waals surface area contributed by atoms with E-state index < -0.39 is 41.0 Å². The molecule has 0 aromatic heterocycles. The molecule has 0 heterocycles. The molecule has 0 amide bonds. The molecule has 1 aromatic carbocycles. The smallest absolute Gasteiger partial charge is 0.308 e. The second kappa shape index (κ2) is 6.21. The second-order valence-corrected chi connectivity index (χ2v) is 3.75. The zero-order valence-corrected chi connectivity index (χ0v) is 9.95. The van der Waals surface area contributed by atoms with Crippen molar-refractivity contribution in [3.8, 4) is 0 Å². The van der Waals surface area contributed by atoms with Crippen molar-refractivity contribution in [2.45, 2.75) is 18.6 Å². The fraction of sp³-hybridized carbons (Fsp3) is 0.364. The molecule has 0 fully saturated rings. The van der Waals surface area contributed by atoms with Crippen LogP contribution < -0.4 is 0 Å². The lowest BCUT2D eigenvalue weighted by atomic mass is 10.0. The summed E-state index contributed by atoms with van der Waals surface area (Å²) in [5.41, 5.74) is -0.945. The van der Waals surface area contributed by atoms with Gasteiger partial charge in [-0.25, -0.2) is 4.39 Å². The van der Waals surface area contributed by atoms with Crippen LogP contribution in [0.15, 0.2) is 18.2 Å². The average Bonchev–Trinajstić information content (AvgIpc) is 2.37. The molecule has 0 radical (unpaired) electrons. The maximum Gasteiger partial charge on any atom is 0.308 e. The van der Waals surface area contributed by atoms with Crippen molar-refractivity contribution in [2.75, 3.05) is 7.11 Å². The monoisotopic (exact) mass is 273 g/mol. The Balaban J connectivity index is 3.01. The second-order valence-electron chi connectivity index (χ2n) is 3.75. The molecule has 104 valence electrons. The first-order valence-corrected chi connectivity index (χ1v) is 5.23. The van der Waals surface area contributed by atoms with Crippen LogP contribution in [-0.4, -0.2) is 34.3 Å². The van der Waals surface area contributed by atoms with E-state index in [0.29, 0.717) is 6.07 Å². The molecule has 8 heteroatoms. The van der Waals surface area contributed by atoms with E-state index in [2.05, 4.69) is 4.74 Å². The van der Waals surface area contributed by atoms with Crippen molar-refractivity contribution in [1.82, 2.24) is 0 Å². The zero-order valence-electron chi connectivity index (χ0n) is 9.95. The van der Waals surface area contributed by atoms with E-state index in [0.717, 1.165) is 19.2 Å². The molecule has 7 nitrogen and oxygen atoms in total. The fourth-order valence-corrected chi connectivity index (χ4v) is 1.50. The van der Waals surface area contributed by atoms with Crippen LogP contribution in [-0.2, 0) is 9.53 Å². The van der Waals surface area contributed by atoms with Gasteiger partial charge in [0.05, 0.1) is 36.2 Å². The third-order valence-electron chi connectivity index (χ3n) is 2.48. The quantitative estimate of drug-likeness (QED) is 0.464. The number of methoxy groups -OCH3 is 1. The number of aliphatic hydroxyl groups excluding tert-OH is 2. The molecule has 2 atom stereocenters. The molecule has 1 aromatic rings. The van der Waals surface area contributed by atoms with Crippen LogP contribution in [0.5, 0.6) is 0 Å². The van der Waals surface area contributed by atoms with Gasteiger partial charge < -0.3 is 14.9 Å². The molecule has 2 unspecified atom stereocenters. The van der Waals surface area contributed by atoms with E-state index >= 15 is 0 Å². The van der Waals surface area contributed by atoms with E-state index in [1.807, 2.05) is 0 Å². The lowest BCUT2D eigenvalue weighted by Crippen LogP contribution is -2.23. The van der Waals surface area contributed by atoms with Crippen LogP contribution >= 0.6 is 0 Å². The number of benzene rings is 1. The Labute approximate surface area is 107 Å². The van der Waals surface area contributed by atoms with Crippen LogP contribution in [0, 0.1) is 15.9 Å². The maximum atomic E-state index is 12.9. The Hall–Kier alpha value is -2.06. The summed E-state index contributed by atoms with van der Waals surface area (Å²) in [5, 5.41) is 30.1. The van der Waals surface area contributed by atoms with Crippen molar-refractivity contribution in [3.05, 3.63) is 39.7 Å². The predicted octanol–water partition coefficient (Wildman–Crippen LogP) is 0.691. The Morgan fingerprint density at radius 2 is 2.16 bits per heavy atom. The summed E-state index contributed by atoms with van der Waals surface area (Å²) in [6, 6.07) is 2.53. The highest BCUT2D eigenvalue weighted by molar-refractivity contribution is 5.69. The standard InChI is InChI=1S/C11H12FNO6/c1-19-10(15)5-9(14)11(16)7-3-2-6(12)4-8(7)13(17)18/h2-4,9,11,14,16H,5H2,1H3. The Morgan fingerprint density at radius 3 is 2.68 bits per heavy atom. The Morgan fingerprint density at radius 1 is 1.53 bits per heavy atom. The van der Waals surface area contributed by atoms with Gasteiger partial charge in [0, 0.05) is 0 Å². The highest BCUT2D eigenvalue weighted by atomic mass is 19.1. The Bertz CT molecular complexity index is 492. The fourth-order valence-electron chi connectivity index (χ4n) is 1.50. The summed E-state index contributed by atoms with van der Waals surface area (Å²) in [6.45, 7) is 0. The summed E-state index contributed by atoms with van der Waals surface area (Å²) >= 11 is 0. The van der Waals surface area contributed by atoms with Gasteiger partial charge >= 0.3 is 5.97 Å². The number of esters is 1. The summed E-state index contributed by atoms with van der Waals surface area (Å²) in [6.07, 6.45) is -3.82. The average molecular weight is 273 g/mol. The third-order valence-corrected chi connectivity index (χ3v) is 2.48. The summed E-state index contributed by atoms with van der Waals surface area (Å²) in [4.78, 5) is 20.8. The number of nitro groups is 1. The van der Waals surface area contributed by atoms with Crippen LogP contribution in [0.3, 0.4) is 0 Å². The van der Waals surface area contributed by atoms with Crippen molar-refractivity contribution in [2.24, 2.45) is 0 Å². The molecule has 0 spiro atoms. The molecule has 0 bridgehead atoms. The summed E-state index contributed by atoms with van der Waals surface area (Å²) < 4.78 is 17.2. The minimum atomic E-state index is -1.69. The minimum Gasteiger partial charge on any atom is -0.469 e. The van der Waals surface area contributed by atoms with Gasteiger partial charge in [0.15, 0.2) is 0 Å². The van der Waals surface area contributed by atoms with Crippen LogP contribution in [0.4, 0.5) is 10.1 Å². The highest BCUT2D eigenvalue weighted by Gasteiger charge is 2.28. The van der Waals surface area contributed by atoms with Crippen molar-refractivity contribution in [1.29, 1.82) is 0 Å². The van der Waals surface area contributed by atoms with Crippen LogP contribution in [0.2, 0.25) is 0 Å². The number of nitrogens with zero attached hydrogens (tertiary/aromatic N) is 1. The third kappa shape index (κ3) is 3.70. The van der Waals surface area contributed by atoms with Gasteiger partial charge in [-0.05, 0) is 12.1 Å². The van der Waals surface area contributed by atoms with Crippen molar-refractivity contribution in [3.63, 3.8) is 0 Å². The SMILES string of the molecule is COC(=O)CC(O)C(O)c1ccc(F)cc1[N+](=O)[O-]. The first-order chi connectivity index (χ1) is 8.86. The molecule has 0 aliphatic heterocycles. The van der Waals surface area contributed by atoms with Gasteiger partial charge in [0.2, 0.25) is 0 Å². The normalized spacial score (nSPS) is 13.7. The van der Waals surface area contributed by atoms with E-state index in [4.69, 9.17) is 0 Å². The van der Waals surface area contributed by atoms with Gasteiger partial charge in [-0.3, -0.25) is 14.9 Å². The first kappa shape index (κ1) is 15.0. The van der Waals surface area contributed by atoms with Gasteiger partial charge in [-0.2, -0.15) is 0 Å². The molecule has 0 saturated carbocycles. The lowest BCUT2D eigenvalue weighted by Gasteiger charge is -2.17. The number of carbonyl (C=O) groups is 1. The van der Waals surface area contributed by atoms with Crippen molar-refractivity contribution < 1.29 is 29.1 Å². The largest absolute Gasteiger partial charge is 0.469 e. The topological polar surface area (TPSA) is 110 Å². The lowest BCUT2D eigenvalue weighted by molar-refractivity contribution is -0.386. The van der Waals surface area contributed by atoms with E-state index in [9.17, 15) is 29.5 Å². The maximum absolute atomic E-state index is 12.9. The summed E-state index contributed by atoms with van der Waals surface area (Å²) in [7, 11) is 1.10. The number of hydrogen-bond donors (Lipinski definition) is 2. The molecule has 0 saturated heterocycles. The van der Waals surface area contributed by atoms with Crippen molar-refractivity contribution >= 4 is 11.7 Å². The molecule has 2 N–H and O–H groups in total. The summed E-state index contributed by atoms with van der Waals surface area (Å²) in [5.74, 6) is -1.62. The molecular formula is C11H12FNO6. The zero-order chi connectivity index (χ0) is 14.6. The van der Waals surface area contributed by atoms with Crippen LogP contribution in [0.25, 0.3) is 0 Å². The molecule has 0 aliphatic rings. The number of hydrogen-bond acceptors (Lipinski definition) is 6. The van der Waals surface area contributed by atoms with Gasteiger partial charge in [-0.15, -0.1) is 0 Å². The molecule has 1 rings (SSSR count). The number of halogens is 1. The number of rotatable bonds is 5. The van der Waals surface area contributed by atoms with E-state index in [-0.39, 0.29) is 5.56 Å². The molecule has 19 heavy (non-hydrogen) atoms. The predicted molar refractivity (Wildman–Crippen MR) is 60.7 cm³/mol. The van der Waals surface area contributed by atoms with Crippen LogP contribution in [0.1, 0.15) is 18.1 Å². The van der Waals surface area contributed by atoms with E-state index in [1.165, 1.54) is 0 Å². The van der Waals surface area contributed by atoms with Gasteiger partial charge in [0.1, 0.15) is 11.9 Å². The number of ether oxygens (including phenoxy) is 1. The minimum absolute atomic E-state index is 0.275. The first-order valence-electron chi connectivity index (χ1n) is 5.23. The number of nitro benzene ring substituents is 1. The number of aliphatic hydroxyl groups is 2. The molecular weight excluding hydrogens is 261 g/mol. The number of carbonyl (C=O) groups excluding carboxylic acids is 1.